The van der Waals surface area contributed by atoms with Gasteiger partial charge in [0, 0.05) is 57.2 Å². The number of fused-ring (bicyclic) bond motifs is 1. The molecule has 5 aromatic rings. The molecule has 18 heteroatoms. The quantitative estimate of drug-likeness (QED) is 0.0339. The summed E-state index contributed by atoms with van der Waals surface area (Å²) in [5, 5.41) is 37.1. The summed E-state index contributed by atoms with van der Waals surface area (Å²) in [6.45, 7) is 10.1. The number of β-amino-alcohol motifs (C(OH)–C–C–N with tert-alkyl or cyclic N) is 1. The molecule has 1 saturated heterocycles. The van der Waals surface area contributed by atoms with Gasteiger partial charge in [-0.2, -0.15) is 0 Å². The van der Waals surface area contributed by atoms with Gasteiger partial charge in [0.2, 0.25) is 17.7 Å². The Morgan fingerprint density at radius 2 is 1.54 bits per heavy atom. The Balaban J connectivity index is 0.757. The number of phenolic OH excluding ortho intramolecular Hbond substituents is 1. The number of hydrogen-bond acceptors (Lipinski definition) is 12. The lowest BCUT2D eigenvalue weighted by molar-refractivity contribution is -0.144. The minimum absolute atomic E-state index is 0.0161. The van der Waals surface area contributed by atoms with Crippen molar-refractivity contribution in [3.05, 3.63) is 111 Å². The number of aromatic hydroxyl groups is 1. The summed E-state index contributed by atoms with van der Waals surface area (Å²) in [6, 6.07) is 17.2. The number of aryl methyl sites for hydroxylation is 2. The first-order valence-corrected chi connectivity index (χ1v) is 27.5. The van der Waals surface area contributed by atoms with Crippen molar-refractivity contribution in [1.29, 1.82) is 0 Å². The highest BCUT2D eigenvalue weighted by atomic mass is 32.1. The van der Waals surface area contributed by atoms with E-state index < -0.39 is 29.5 Å². The number of benzene rings is 3. The van der Waals surface area contributed by atoms with Crippen molar-refractivity contribution in [2.24, 2.45) is 5.41 Å². The summed E-state index contributed by atoms with van der Waals surface area (Å²) in [5.41, 5.74) is 7.28. The highest BCUT2D eigenvalue weighted by Crippen LogP contribution is 2.34. The van der Waals surface area contributed by atoms with E-state index in [-0.39, 0.29) is 77.4 Å². The number of aliphatic hydroxyl groups is 1. The van der Waals surface area contributed by atoms with Gasteiger partial charge in [-0.1, -0.05) is 107 Å². The fourth-order valence-corrected chi connectivity index (χ4v) is 10.8. The maximum absolute atomic E-state index is 14.1. The Morgan fingerprint density at radius 3 is 2.20 bits per heavy atom. The van der Waals surface area contributed by atoms with Crippen LogP contribution in [0.3, 0.4) is 0 Å². The normalized spacial score (nSPS) is 16.9. The molecule has 5 atom stereocenters. The number of phenols is 1. The fraction of sp³-hybridized carbons (Fsp3) is 0.483. The second-order valence-electron chi connectivity index (χ2n) is 21.6. The summed E-state index contributed by atoms with van der Waals surface area (Å²) in [4.78, 5) is 88.0. The van der Waals surface area contributed by atoms with Gasteiger partial charge in [0.05, 0.1) is 39.8 Å². The van der Waals surface area contributed by atoms with Crippen LogP contribution >= 0.6 is 11.3 Å². The van der Waals surface area contributed by atoms with Gasteiger partial charge in [-0.25, -0.2) is 4.98 Å². The molecular weight excluding hydrogens is 985 g/mol. The van der Waals surface area contributed by atoms with Gasteiger partial charge in [0.1, 0.15) is 17.8 Å². The number of nitrogens with one attached hydrogen (secondary N) is 4. The van der Waals surface area contributed by atoms with E-state index in [1.54, 1.807) is 31.5 Å². The largest absolute Gasteiger partial charge is 0.507 e. The van der Waals surface area contributed by atoms with Gasteiger partial charge in [-0.3, -0.25) is 28.8 Å². The lowest BCUT2D eigenvalue weighted by atomic mass is 9.85. The number of likely N-dealkylation sites (tertiary alicyclic amines) is 1. The Labute approximate surface area is 449 Å². The monoisotopic (exact) mass is 1060 g/mol. The fourth-order valence-electron chi connectivity index (χ4n) is 9.95. The lowest BCUT2D eigenvalue weighted by Crippen LogP contribution is -2.57. The molecule has 1 aliphatic heterocycles. The SMILES string of the molecule is Cc1ncsc1-c1ccc([C@H](C)NC(=O)[C@@H]2C[C@@H](O)CN2C(=O)[C@@H](NC(=O)CCCCCCCCCCCNC(=O)c2ccc3c(c2)[C@H](NC(=O)c2cc(-c4ccc(C(=O)N(C)C)c(O)c4)on2)CC3)C(C)(C)C)cc1. The molecule has 3 aromatic carbocycles. The third-order valence-electron chi connectivity index (χ3n) is 14.4. The zero-order valence-electron chi connectivity index (χ0n) is 44.9. The molecule has 17 nitrogen and oxygen atoms in total. The average Bonchev–Trinajstić information content (AvgIpc) is 4.23. The predicted molar refractivity (Wildman–Crippen MR) is 291 cm³/mol. The molecule has 6 N–H and O–H groups in total. The summed E-state index contributed by atoms with van der Waals surface area (Å²) in [5.74, 6) is -1.81. The molecule has 406 valence electrons. The number of aliphatic hydroxyl groups excluding tert-OH is 1. The molecule has 2 aliphatic rings. The van der Waals surface area contributed by atoms with Gasteiger partial charge < -0.3 is 45.8 Å². The highest BCUT2D eigenvalue weighted by molar-refractivity contribution is 7.13. The second kappa shape index (κ2) is 25.7. The molecular formula is C58H74N8O9S. The van der Waals surface area contributed by atoms with Crippen molar-refractivity contribution in [1.82, 2.24) is 41.2 Å². The molecule has 0 radical (unpaired) electrons. The third-order valence-corrected chi connectivity index (χ3v) is 15.4. The molecule has 76 heavy (non-hydrogen) atoms. The van der Waals surface area contributed by atoms with Crippen LogP contribution in [0.2, 0.25) is 0 Å². The third kappa shape index (κ3) is 14.5. The van der Waals surface area contributed by atoms with E-state index in [2.05, 4.69) is 31.4 Å². The molecule has 0 spiro atoms. The second-order valence-corrected chi connectivity index (χ2v) is 22.4. The summed E-state index contributed by atoms with van der Waals surface area (Å²) in [6.07, 6.45) is 9.69. The van der Waals surface area contributed by atoms with E-state index in [9.17, 15) is 39.0 Å². The zero-order valence-corrected chi connectivity index (χ0v) is 45.7. The van der Waals surface area contributed by atoms with E-state index in [0.29, 0.717) is 36.9 Å². The first kappa shape index (κ1) is 56.8. The lowest BCUT2D eigenvalue weighted by Gasteiger charge is -2.35. The smallest absolute Gasteiger partial charge is 0.273 e. The number of nitrogens with zero attached hydrogens (tertiary/aromatic N) is 4. The Hall–Kier alpha value is -6.92. The van der Waals surface area contributed by atoms with Crippen molar-refractivity contribution in [2.45, 2.75) is 148 Å². The van der Waals surface area contributed by atoms with Crippen LogP contribution in [-0.2, 0) is 20.8 Å². The van der Waals surface area contributed by atoms with Crippen LogP contribution in [0.5, 0.6) is 5.75 Å². The zero-order chi connectivity index (χ0) is 54.7. The maximum atomic E-state index is 14.1. The van der Waals surface area contributed by atoms with Crippen molar-refractivity contribution in [3.8, 4) is 27.5 Å². The van der Waals surface area contributed by atoms with Gasteiger partial charge >= 0.3 is 0 Å². The van der Waals surface area contributed by atoms with E-state index in [4.69, 9.17) is 4.52 Å². The summed E-state index contributed by atoms with van der Waals surface area (Å²) >= 11 is 1.58. The van der Waals surface area contributed by atoms with E-state index in [1.165, 1.54) is 28.0 Å². The van der Waals surface area contributed by atoms with Crippen molar-refractivity contribution < 1.29 is 43.5 Å². The summed E-state index contributed by atoms with van der Waals surface area (Å²) in [7, 11) is 3.19. The minimum Gasteiger partial charge on any atom is -0.507 e. The van der Waals surface area contributed by atoms with Crippen LogP contribution in [0.1, 0.15) is 170 Å². The summed E-state index contributed by atoms with van der Waals surface area (Å²) < 4.78 is 5.42. The number of aromatic nitrogens is 2. The van der Waals surface area contributed by atoms with Gasteiger partial charge in [0.25, 0.3) is 17.7 Å². The molecule has 7 rings (SSSR count). The van der Waals surface area contributed by atoms with Gasteiger partial charge in [0.15, 0.2) is 11.5 Å². The van der Waals surface area contributed by atoms with E-state index in [0.717, 1.165) is 90.6 Å². The molecule has 0 bridgehead atoms. The van der Waals surface area contributed by atoms with E-state index >= 15 is 0 Å². The van der Waals surface area contributed by atoms with Crippen LogP contribution in [0.4, 0.5) is 0 Å². The standard InChI is InChI=1S/C58H74N8O9S/c1-35(37-18-21-39(22-19-37)51-36(2)60-34-76-51)61-55(72)47-31-42(67)33-66(47)57(74)52(58(3,4)5)63-50(69)17-15-13-11-9-8-10-12-14-16-28-59-53(70)41-23-20-38-25-27-45(44(38)29-41)62-54(71)46-32-49(75-64-46)40-24-26-43(48(68)30-40)56(73)65(6)7/h18-24,26,29-30,32,34-35,42,45,47,52,67-68H,8-17,25,27-28,31,33H2,1-7H3,(H,59,70)(H,61,72)(H,62,71)(H,63,69)/t35-,42+,45+,47-,52+/m0/s1. The minimum atomic E-state index is -0.871. The Kier molecular flexibility index (Phi) is 19.2. The maximum Gasteiger partial charge on any atom is 0.273 e. The molecule has 2 aromatic heterocycles. The molecule has 0 saturated carbocycles. The molecule has 6 amide bonds. The van der Waals surface area contributed by atoms with Crippen LogP contribution in [0.15, 0.2) is 76.8 Å². The number of carbonyl (C=O) groups excluding carboxylic acids is 6. The van der Waals surface area contributed by atoms with Crippen molar-refractivity contribution in [2.75, 3.05) is 27.2 Å². The number of thiazole rings is 1. The number of hydrogen-bond donors (Lipinski definition) is 6. The van der Waals surface area contributed by atoms with Gasteiger partial charge in [-0.05, 0) is 91.5 Å². The topological polar surface area (TPSA) is 236 Å². The van der Waals surface area contributed by atoms with Crippen molar-refractivity contribution in [3.63, 3.8) is 0 Å². The average molecular weight is 1060 g/mol. The Bertz CT molecular complexity index is 2850. The first-order valence-electron chi connectivity index (χ1n) is 26.6. The Morgan fingerprint density at radius 1 is 0.855 bits per heavy atom. The van der Waals surface area contributed by atoms with Crippen molar-refractivity contribution >= 4 is 46.8 Å². The predicted octanol–water partition coefficient (Wildman–Crippen LogP) is 8.60. The number of amides is 6. The number of carbonyl (C=O) groups is 6. The van der Waals surface area contributed by atoms with Crippen LogP contribution < -0.4 is 21.3 Å². The van der Waals surface area contributed by atoms with Gasteiger partial charge in [-0.15, -0.1) is 11.3 Å². The molecule has 1 aliphatic carbocycles. The van der Waals surface area contributed by atoms with Crippen LogP contribution in [0.25, 0.3) is 21.8 Å². The molecule has 0 unspecified atom stereocenters. The van der Waals surface area contributed by atoms with Crippen LogP contribution in [-0.4, -0.2) is 111 Å². The number of unbranched alkanes of at least 4 members (excludes halogenated alkanes) is 8. The first-order chi connectivity index (χ1) is 36.3. The van der Waals surface area contributed by atoms with E-state index in [1.807, 2.05) is 82.6 Å². The molecule has 1 fully saturated rings. The highest BCUT2D eigenvalue weighted by Gasteiger charge is 2.44. The number of rotatable bonds is 23. The van der Waals surface area contributed by atoms with Crippen LogP contribution in [0, 0.1) is 12.3 Å². The molecule has 3 heterocycles.